The Kier molecular flexibility index (Phi) is 11.6. The lowest BCUT2D eigenvalue weighted by Crippen LogP contribution is -2.59. The molecule has 2 aromatic rings. The average molecular weight is 571 g/mol. The van der Waals surface area contributed by atoms with Crippen LogP contribution >= 0.6 is 0 Å². The van der Waals surface area contributed by atoms with Crippen molar-refractivity contribution < 1.29 is 64.2 Å². The topological polar surface area (TPSA) is 197 Å². The van der Waals surface area contributed by atoms with E-state index in [4.69, 9.17) is 28.4 Å². The quantitative estimate of drug-likeness (QED) is 0.156. The number of aromatic hydroxyl groups is 1. The second-order valence-electron chi connectivity index (χ2n) is 9.22. The Morgan fingerprint density at radius 2 is 1.52 bits per heavy atom. The molecule has 7 N–H and O–H groups in total. The van der Waals surface area contributed by atoms with E-state index in [9.17, 15) is 35.7 Å². The monoisotopic (exact) mass is 570 g/mol. The Labute approximate surface area is 231 Å². The summed E-state index contributed by atoms with van der Waals surface area (Å²) in [6.45, 7) is -1.06. The summed E-state index contributed by atoms with van der Waals surface area (Å²) in [4.78, 5) is 0. The lowest BCUT2D eigenvalue weighted by Gasteiger charge is -2.40. The van der Waals surface area contributed by atoms with Gasteiger partial charge in [0.25, 0.3) is 0 Å². The number of ether oxygens (including phenoxy) is 6. The molecule has 1 fully saturated rings. The van der Waals surface area contributed by atoms with Crippen molar-refractivity contribution in [1.82, 2.24) is 0 Å². The zero-order valence-electron chi connectivity index (χ0n) is 22.5. The molecule has 0 bridgehead atoms. The summed E-state index contributed by atoms with van der Waals surface area (Å²) in [7, 11) is 4.21. The number of methoxy groups -OCH3 is 3. The van der Waals surface area contributed by atoms with Crippen molar-refractivity contribution in [2.75, 3.05) is 41.2 Å². The molecule has 1 saturated heterocycles. The third-order valence-corrected chi connectivity index (χ3v) is 6.58. The number of aryl methyl sites for hydroxylation is 1. The smallest absolute Gasteiger partial charge is 0.204 e. The van der Waals surface area contributed by atoms with Crippen LogP contribution in [0.15, 0.2) is 30.3 Å². The number of aliphatic hydroxyl groups excluding tert-OH is 6. The van der Waals surface area contributed by atoms with Crippen LogP contribution < -0.4 is 18.9 Å². The molecule has 224 valence electrons. The van der Waals surface area contributed by atoms with Crippen LogP contribution in [0.3, 0.4) is 0 Å². The molecule has 1 aliphatic heterocycles. The van der Waals surface area contributed by atoms with Gasteiger partial charge in [0, 0.05) is 6.61 Å². The van der Waals surface area contributed by atoms with Crippen molar-refractivity contribution in [1.29, 1.82) is 0 Å². The molecule has 0 radical (unpaired) electrons. The van der Waals surface area contributed by atoms with Gasteiger partial charge in [-0.1, -0.05) is 6.07 Å². The van der Waals surface area contributed by atoms with Gasteiger partial charge in [-0.2, -0.15) is 0 Å². The fraction of sp³-hybridized carbons (Fsp3) is 0.556. The zero-order valence-corrected chi connectivity index (χ0v) is 22.5. The number of aliphatic hydroxyl groups is 6. The van der Waals surface area contributed by atoms with Crippen molar-refractivity contribution in [2.45, 2.75) is 55.8 Å². The minimum absolute atomic E-state index is 0.00251. The van der Waals surface area contributed by atoms with Crippen LogP contribution in [0.4, 0.5) is 0 Å². The number of hydrogen-bond acceptors (Lipinski definition) is 13. The van der Waals surface area contributed by atoms with Gasteiger partial charge in [0.2, 0.25) is 5.75 Å². The van der Waals surface area contributed by atoms with E-state index < -0.39 is 56.1 Å². The Morgan fingerprint density at radius 3 is 2.10 bits per heavy atom. The van der Waals surface area contributed by atoms with Gasteiger partial charge < -0.3 is 64.2 Å². The van der Waals surface area contributed by atoms with Crippen molar-refractivity contribution >= 4 is 0 Å². The molecular formula is C27H38O13. The number of hydrogen-bond donors (Lipinski definition) is 7. The van der Waals surface area contributed by atoms with Gasteiger partial charge >= 0.3 is 0 Å². The zero-order chi connectivity index (χ0) is 29.4. The van der Waals surface area contributed by atoms with E-state index in [-0.39, 0.29) is 40.9 Å². The summed E-state index contributed by atoms with van der Waals surface area (Å²) >= 11 is 0. The molecule has 13 heteroatoms. The maximum Gasteiger partial charge on any atom is 0.204 e. The summed E-state index contributed by atoms with van der Waals surface area (Å²) in [5, 5.41) is 70.6. The van der Waals surface area contributed by atoms with Crippen LogP contribution in [0.1, 0.15) is 23.7 Å². The maximum absolute atomic E-state index is 11.4. The minimum atomic E-state index is -1.67. The molecule has 7 atom stereocenters. The van der Waals surface area contributed by atoms with Crippen molar-refractivity contribution in [3.05, 3.63) is 41.5 Å². The molecule has 0 amide bonds. The Bertz CT molecular complexity index is 1050. The first kappa shape index (κ1) is 31.6. The fourth-order valence-electron chi connectivity index (χ4n) is 4.31. The molecule has 0 aliphatic carbocycles. The van der Waals surface area contributed by atoms with Crippen molar-refractivity contribution in [3.8, 4) is 28.7 Å². The lowest BCUT2D eigenvalue weighted by atomic mass is 9.99. The number of rotatable bonds is 14. The first-order valence-corrected chi connectivity index (χ1v) is 12.7. The van der Waals surface area contributed by atoms with Crippen LogP contribution in [0.25, 0.3) is 0 Å². The molecule has 1 heterocycles. The highest BCUT2D eigenvalue weighted by Crippen LogP contribution is 2.41. The van der Waals surface area contributed by atoms with Gasteiger partial charge in [-0.25, -0.2) is 0 Å². The minimum Gasteiger partial charge on any atom is -0.504 e. The second-order valence-corrected chi connectivity index (χ2v) is 9.22. The second kappa shape index (κ2) is 14.7. The van der Waals surface area contributed by atoms with E-state index in [0.717, 1.165) is 5.56 Å². The summed E-state index contributed by atoms with van der Waals surface area (Å²) in [5.41, 5.74) is 1.10. The standard InChI is InChI=1S/C27H38O13/c1-35-17-11-15(6-7-16(17)30)22(31)21(13-38-27-25(34)24(33)23(32)20(12-29)40-27)39-26-18(36-2)9-14(5-4-8-28)10-19(26)37-3/h6-7,9-11,20-25,27-34H,4-5,8,12-13H2,1-3H3/t20-,21?,22?,23-,24+,25-,27-/m1/s1. The van der Waals surface area contributed by atoms with Crippen LogP contribution in [0.5, 0.6) is 28.7 Å². The van der Waals surface area contributed by atoms with Crippen molar-refractivity contribution in [3.63, 3.8) is 0 Å². The third kappa shape index (κ3) is 7.25. The summed E-state index contributed by atoms with van der Waals surface area (Å²) in [6.07, 6.45) is -9.12. The first-order chi connectivity index (χ1) is 19.2. The Hall–Kier alpha value is -2.88. The van der Waals surface area contributed by atoms with Crippen LogP contribution in [0.2, 0.25) is 0 Å². The first-order valence-electron chi connectivity index (χ1n) is 12.7. The molecule has 13 nitrogen and oxygen atoms in total. The highest BCUT2D eigenvalue weighted by atomic mass is 16.7. The predicted molar refractivity (Wildman–Crippen MR) is 139 cm³/mol. The van der Waals surface area contributed by atoms with E-state index in [2.05, 4.69) is 0 Å². The van der Waals surface area contributed by atoms with Gasteiger partial charge in [0.15, 0.2) is 35.4 Å². The Morgan fingerprint density at radius 1 is 0.875 bits per heavy atom. The molecular weight excluding hydrogens is 532 g/mol. The largest absolute Gasteiger partial charge is 0.504 e. The third-order valence-electron chi connectivity index (χ3n) is 6.58. The van der Waals surface area contributed by atoms with Gasteiger partial charge in [-0.05, 0) is 48.2 Å². The van der Waals surface area contributed by atoms with E-state index in [1.54, 1.807) is 12.1 Å². The van der Waals surface area contributed by atoms with Gasteiger partial charge in [0.1, 0.15) is 30.5 Å². The number of phenolic OH excluding ortho intramolecular Hbond substituents is 1. The maximum atomic E-state index is 11.4. The molecule has 2 unspecified atom stereocenters. The summed E-state index contributed by atoms with van der Waals surface area (Å²) in [5.74, 6) is 0.648. The predicted octanol–water partition coefficient (Wildman–Crippen LogP) is -0.360. The van der Waals surface area contributed by atoms with E-state index in [0.29, 0.717) is 12.8 Å². The Balaban J connectivity index is 1.95. The molecule has 40 heavy (non-hydrogen) atoms. The van der Waals surface area contributed by atoms with Gasteiger partial charge in [-0.15, -0.1) is 0 Å². The van der Waals surface area contributed by atoms with Gasteiger partial charge in [0.05, 0.1) is 34.5 Å². The lowest BCUT2D eigenvalue weighted by molar-refractivity contribution is -0.305. The fourth-order valence-corrected chi connectivity index (χ4v) is 4.31. The molecule has 3 rings (SSSR count). The molecule has 0 spiro atoms. The molecule has 2 aromatic carbocycles. The van der Waals surface area contributed by atoms with Crippen molar-refractivity contribution in [2.24, 2.45) is 0 Å². The van der Waals surface area contributed by atoms with Crippen LogP contribution in [-0.2, 0) is 15.9 Å². The highest BCUT2D eigenvalue weighted by Gasteiger charge is 2.44. The van der Waals surface area contributed by atoms with E-state index >= 15 is 0 Å². The number of phenols is 1. The van der Waals surface area contributed by atoms with Crippen LogP contribution in [0, 0.1) is 0 Å². The van der Waals surface area contributed by atoms with E-state index in [1.807, 2.05) is 0 Å². The summed E-state index contributed by atoms with van der Waals surface area (Å²) < 4.78 is 33.5. The van der Waals surface area contributed by atoms with E-state index in [1.165, 1.54) is 39.5 Å². The summed E-state index contributed by atoms with van der Waals surface area (Å²) in [6, 6.07) is 7.62. The normalized spacial score (nSPS) is 24.3. The highest BCUT2D eigenvalue weighted by molar-refractivity contribution is 5.54. The molecule has 1 aliphatic rings. The molecule has 0 aromatic heterocycles. The number of benzene rings is 2. The van der Waals surface area contributed by atoms with Crippen LogP contribution in [-0.4, -0.2) is 114 Å². The van der Waals surface area contributed by atoms with Gasteiger partial charge in [-0.3, -0.25) is 0 Å². The molecule has 0 saturated carbocycles. The average Bonchev–Trinajstić information content (AvgIpc) is 2.97. The SMILES string of the molecule is COc1cc(C(O)C(CO[C@@H]2O[C@H](CO)[C@@H](O)[C@H](O)[C@H]2O)Oc2c(OC)cc(CCCO)cc2OC)ccc1O.